The molecule has 1 aromatic carbocycles. The number of amides is 1. The van der Waals surface area contributed by atoms with Crippen LogP contribution in [0.2, 0.25) is 0 Å². The topological polar surface area (TPSA) is 55.2 Å². The molecular formula is C26H29N3O2. The highest BCUT2D eigenvalue weighted by molar-refractivity contribution is 5.95. The molecule has 0 spiro atoms. The molecule has 31 heavy (non-hydrogen) atoms. The second-order valence-corrected chi connectivity index (χ2v) is 8.22. The Kier molecular flexibility index (Phi) is 6.60. The molecule has 5 heteroatoms. The predicted octanol–water partition coefficient (Wildman–Crippen LogP) is 4.01. The highest BCUT2D eigenvalue weighted by Gasteiger charge is 2.26. The van der Waals surface area contributed by atoms with Crippen LogP contribution in [0.25, 0.3) is 0 Å². The molecule has 160 valence electrons. The Morgan fingerprint density at radius 2 is 1.71 bits per heavy atom. The Bertz CT molecular complexity index is 1080. The standard InChI is InChI=1S/C26H29N3O2/c1-20-18-24(30)25(26(31)28-16-8-3-9-17-28)23(14-13-21-10-4-2-5-11-21)29(20)19-22-12-6-7-15-27-22/h2,4-7,10-12,15,18H,3,8-9,13-14,16-17,19H2,1H3. The number of hydrogen-bond acceptors (Lipinski definition) is 3. The normalized spacial score (nSPS) is 13.9. The summed E-state index contributed by atoms with van der Waals surface area (Å²) >= 11 is 0. The molecule has 5 nitrogen and oxygen atoms in total. The average molecular weight is 416 g/mol. The van der Waals surface area contributed by atoms with E-state index in [0.29, 0.717) is 18.5 Å². The fraction of sp³-hybridized carbons (Fsp3) is 0.346. The fourth-order valence-electron chi connectivity index (χ4n) is 4.35. The summed E-state index contributed by atoms with van der Waals surface area (Å²) in [6.07, 6.45) is 6.31. The Labute approximate surface area is 183 Å². The largest absolute Gasteiger partial charge is 0.342 e. The summed E-state index contributed by atoms with van der Waals surface area (Å²) in [5, 5.41) is 0. The van der Waals surface area contributed by atoms with E-state index in [4.69, 9.17) is 0 Å². The Balaban J connectivity index is 1.77. The Morgan fingerprint density at radius 3 is 2.42 bits per heavy atom. The van der Waals surface area contributed by atoms with E-state index in [1.807, 2.05) is 48.2 Å². The first-order chi connectivity index (χ1) is 15.1. The quantitative estimate of drug-likeness (QED) is 0.611. The first-order valence-corrected chi connectivity index (χ1v) is 11.1. The van der Waals surface area contributed by atoms with Crippen LogP contribution >= 0.6 is 0 Å². The number of hydrogen-bond donors (Lipinski definition) is 0. The number of rotatable bonds is 6. The molecular weight excluding hydrogens is 386 g/mol. The van der Waals surface area contributed by atoms with Gasteiger partial charge in [0, 0.05) is 36.7 Å². The lowest BCUT2D eigenvalue weighted by molar-refractivity contribution is 0.0720. The summed E-state index contributed by atoms with van der Waals surface area (Å²) in [5.74, 6) is -0.123. The van der Waals surface area contributed by atoms with Gasteiger partial charge in [0.25, 0.3) is 5.91 Å². The Hall–Kier alpha value is -3.21. The lowest BCUT2D eigenvalue weighted by Gasteiger charge is -2.28. The van der Waals surface area contributed by atoms with Gasteiger partial charge in [-0.1, -0.05) is 36.4 Å². The Morgan fingerprint density at radius 1 is 0.968 bits per heavy atom. The first-order valence-electron chi connectivity index (χ1n) is 11.1. The fourth-order valence-corrected chi connectivity index (χ4v) is 4.35. The number of likely N-dealkylation sites (tertiary alicyclic amines) is 1. The van der Waals surface area contributed by atoms with Gasteiger partial charge in [-0.2, -0.15) is 0 Å². The van der Waals surface area contributed by atoms with Gasteiger partial charge < -0.3 is 9.47 Å². The second-order valence-electron chi connectivity index (χ2n) is 8.22. The molecule has 1 aliphatic rings. The van der Waals surface area contributed by atoms with Gasteiger partial charge in [-0.25, -0.2) is 0 Å². The van der Waals surface area contributed by atoms with Crippen LogP contribution in [0.1, 0.15) is 52.3 Å². The zero-order valence-corrected chi connectivity index (χ0v) is 18.1. The summed E-state index contributed by atoms with van der Waals surface area (Å²) in [7, 11) is 0. The van der Waals surface area contributed by atoms with Crippen molar-refractivity contribution in [2.45, 2.75) is 45.6 Å². The molecule has 0 N–H and O–H groups in total. The van der Waals surface area contributed by atoms with Crippen molar-refractivity contribution in [2.24, 2.45) is 0 Å². The van der Waals surface area contributed by atoms with Gasteiger partial charge in [-0.3, -0.25) is 14.6 Å². The summed E-state index contributed by atoms with van der Waals surface area (Å²) in [6.45, 7) is 3.93. The minimum absolute atomic E-state index is 0.123. The molecule has 3 aromatic rings. The number of carbonyl (C=O) groups is 1. The van der Waals surface area contributed by atoms with Crippen LogP contribution in [0, 0.1) is 6.92 Å². The molecule has 1 amide bonds. The summed E-state index contributed by atoms with van der Waals surface area (Å²) < 4.78 is 2.10. The van der Waals surface area contributed by atoms with E-state index in [0.717, 1.165) is 55.9 Å². The van der Waals surface area contributed by atoms with Gasteiger partial charge in [0.05, 0.1) is 12.2 Å². The van der Waals surface area contributed by atoms with Gasteiger partial charge >= 0.3 is 0 Å². The van der Waals surface area contributed by atoms with Crippen LogP contribution in [0.5, 0.6) is 0 Å². The third-order valence-electron chi connectivity index (χ3n) is 6.02. The van der Waals surface area contributed by atoms with Crippen molar-refractivity contribution in [1.82, 2.24) is 14.5 Å². The highest BCUT2D eigenvalue weighted by Crippen LogP contribution is 2.19. The number of piperidine rings is 1. The first kappa shape index (κ1) is 21.0. The van der Waals surface area contributed by atoms with Crippen molar-refractivity contribution in [2.75, 3.05) is 13.1 Å². The maximum Gasteiger partial charge on any atom is 0.259 e. The van der Waals surface area contributed by atoms with E-state index >= 15 is 0 Å². The summed E-state index contributed by atoms with van der Waals surface area (Å²) in [5.41, 5.74) is 3.93. The molecule has 1 fully saturated rings. The van der Waals surface area contributed by atoms with Crippen molar-refractivity contribution in [3.05, 3.63) is 99.2 Å². The second kappa shape index (κ2) is 9.73. The maximum atomic E-state index is 13.5. The highest BCUT2D eigenvalue weighted by atomic mass is 16.2. The molecule has 3 heterocycles. The van der Waals surface area contributed by atoms with Gasteiger partial charge in [-0.05, 0) is 56.7 Å². The molecule has 0 saturated carbocycles. The van der Waals surface area contributed by atoms with E-state index in [1.54, 1.807) is 12.3 Å². The maximum absolute atomic E-state index is 13.5. The average Bonchev–Trinajstić information content (AvgIpc) is 2.81. The lowest BCUT2D eigenvalue weighted by atomic mass is 10.0. The van der Waals surface area contributed by atoms with Gasteiger partial charge in [0.15, 0.2) is 5.43 Å². The van der Waals surface area contributed by atoms with E-state index in [2.05, 4.69) is 21.7 Å². The molecule has 4 rings (SSSR count). The number of aryl methyl sites for hydroxylation is 2. The van der Waals surface area contributed by atoms with Gasteiger partial charge in [0.1, 0.15) is 5.56 Å². The summed E-state index contributed by atoms with van der Waals surface area (Å²) in [6, 6.07) is 17.6. The van der Waals surface area contributed by atoms with E-state index in [-0.39, 0.29) is 11.3 Å². The minimum Gasteiger partial charge on any atom is -0.342 e. The van der Waals surface area contributed by atoms with Crippen molar-refractivity contribution in [3.63, 3.8) is 0 Å². The van der Waals surface area contributed by atoms with E-state index < -0.39 is 0 Å². The SMILES string of the molecule is Cc1cc(=O)c(C(=O)N2CCCCC2)c(CCc2ccccc2)n1Cc1ccccn1. The minimum atomic E-state index is -0.173. The predicted molar refractivity (Wildman–Crippen MR) is 122 cm³/mol. The number of benzene rings is 1. The van der Waals surface area contributed by atoms with Crippen LogP contribution in [0.3, 0.4) is 0 Å². The monoisotopic (exact) mass is 415 g/mol. The van der Waals surface area contributed by atoms with Crippen molar-refractivity contribution >= 4 is 5.91 Å². The smallest absolute Gasteiger partial charge is 0.259 e. The molecule has 0 radical (unpaired) electrons. The number of nitrogens with zero attached hydrogens (tertiary/aromatic N) is 3. The molecule has 1 saturated heterocycles. The van der Waals surface area contributed by atoms with Crippen LogP contribution < -0.4 is 5.43 Å². The molecule has 0 aliphatic carbocycles. The third kappa shape index (κ3) is 4.93. The van der Waals surface area contributed by atoms with Crippen molar-refractivity contribution in [1.29, 1.82) is 0 Å². The van der Waals surface area contributed by atoms with Crippen molar-refractivity contribution < 1.29 is 4.79 Å². The lowest BCUT2D eigenvalue weighted by Crippen LogP contribution is -2.39. The van der Waals surface area contributed by atoms with E-state index in [1.165, 1.54) is 5.56 Å². The van der Waals surface area contributed by atoms with Crippen LogP contribution in [0.15, 0.2) is 65.6 Å². The van der Waals surface area contributed by atoms with Crippen LogP contribution in [0.4, 0.5) is 0 Å². The van der Waals surface area contributed by atoms with Crippen molar-refractivity contribution in [3.8, 4) is 0 Å². The number of aromatic nitrogens is 2. The van der Waals surface area contributed by atoms with Crippen LogP contribution in [-0.4, -0.2) is 33.4 Å². The molecule has 2 aromatic heterocycles. The van der Waals surface area contributed by atoms with Gasteiger partial charge in [-0.15, -0.1) is 0 Å². The number of carbonyl (C=O) groups excluding carboxylic acids is 1. The zero-order chi connectivity index (χ0) is 21.6. The van der Waals surface area contributed by atoms with E-state index in [9.17, 15) is 9.59 Å². The third-order valence-corrected chi connectivity index (χ3v) is 6.02. The van der Waals surface area contributed by atoms with Crippen LogP contribution in [-0.2, 0) is 19.4 Å². The number of pyridine rings is 2. The zero-order valence-electron chi connectivity index (χ0n) is 18.1. The molecule has 0 atom stereocenters. The van der Waals surface area contributed by atoms with Gasteiger partial charge in [0.2, 0.25) is 0 Å². The summed E-state index contributed by atoms with van der Waals surface area (Å²) in [4.78, 5) is 32.9. The molecule has 0 unspecified atom stereocenters. The molecule has 0 bridgehead atoms. The molecule has 1 aliphatic heterocycles.